The molecule has 6 atom stereocenters. The van der Waals surface area contributed by atoms with Crippen molar-refractivity contribution in [1.29, 1.82) is 0 Å². The fourth-order valence-corrected chi connectivity index (χ4v) is 3.22. The van der Waals surface area contributed by atoms with E-state index in [1.54, 1.807) is 0 Å². The molecule has 0 aromatic heterocycles. The molecule has 0 bridgehead atoms. The number of alkyl halides is 4. The largest absolute Gasteiger partial charge is 0.247 e. The summed E-state index contributed by atoms with van der Waals surface area (Å²) in [6.45, 7) is 0. The van der Waals surface area contributed by atoms with Crippen LogP contribution in [0, 0.1) is 11.8 Å². The number of halogens is 4. The molecule has 2 aliphatic rings. The van der Waals surface area contributed by atoms with E-state index in [0.29, 0.717) is 6.42 Å². The molecular weight excluding hydrogens is 232 g/mol. The lowest BCUT2D eigenvalue weighted by Crippen LogP contribution is -2.34. The predicted octanol–water partition coefficient (Wildman–Crippen LogP) is 4.33. The summed E-state index contributed by atoms with van der Waals surface area (Å²) >= 11 is 0. The highest BCUT2D eigenvalue weighted by Crippen LogP contribution is 2.39. The van der Waals surface area contributed by atoms with E-state index in [1.807, 2.05) is 0 Å². The molecule has 0 spiro atoms. The van der Waals surface area contributed by atoms with Gasteiger partial charge >= 0.3 is 0 Å². The van der Waals surface area contributed by atoms with Gasteiger partial charge in [-0.1, -0.05) is 0 Å². The number of hydrogen-bond acceptors (Lipinski definition) is 0. The first-order valence-electron chi connectivity index (χ1n) is 6.62. The lowest BCUT2D eigenvalue weighted by Gasteiger charge is -2.34. The van der Waals surface area contributed by atoms with Crippen LogP contribution < -0.4 is 0 Å². The standard InChI is InChI=1S/C13H20F4/c14-10-1-3-12(16)8(6-10)5-9-7-11(15)2-4-13(9)17/h8-13H,1-7H2. The van der Waals surface area contributed by atoms with Crippen molar-refractivity contribution in [2.45, 2.75) is 69.6 Å². The third-order valence-corrected chi connectivity index (χ3v) is 4.26. The van der Waals surface area contributed by atoms with Crippen molar-refractivity contribution in [2.75, 3.05) is 0 Å². The van der Waals surface area contributed by atoms with Crippen LogP contribution >= 0.6 is 0 Å². The fourth-order valence-electron chi connectivity index (χ4n) is 3.22. The number of hydrogen-bond donors (Lipinski definition) is 0. The molecule has 100 valence electrons. The van der Waals surface area contributed by atoms with Crippen LogP contribution in [-0.4, -0.2) is 24.7 Å². The molecule has 17 heavy (non-hydrogen) atoms. The van der Waals surface area contributed by atoms with E-state index in [0.717, 1.165) is 0 Å². The molecule has 0 nitrogen and oxygen atoms in total. The minimum atomic E-state index is -1.03. The van der Waals surface area contributed by atoms with Crippen LogP contribution in [0.3, 0.4) is 0 Å². The Morgan fingerprint density at radius 1 is 0.647 bits per heavy atom. The Hall–Kier alpha value is -0.280. The van der Waals surface area contributed by atoms with Crippen LogP contribution in [0.5, 0.6) is 0 Å². The molecule has 0 saturated heterocycles. The molecule has 2 rings (SSSR count). The molecule has 0 heterocycles. The van der Waals surface area contributed by atoms with Gasteiger partial charge in [-0.2, -0.15) is 0 Å². The van der Waals surface area contributed by atoms with Gasteiger partial charge in [-0.15, -0.1) is 0 Å². The second kappa shape index (κ2) is 5.57. The highest BCUT2D eigenvalue weighted by Gasteiger charge is 2.37. The zero-order chi connectivity index (χ0) is 12.4. The Kier molecular flexibility index (Phi) is 4.31. The van der Waals surface area contributed by atoms with Crippen molar-refractivity contribution in [2.24, 2.45) is 11.8 Å². The topological polar surface area (TPSA) is 0 Å². The van der Waals surface area contributed by atoms with E-state index in [-0.39, 0.29) is 38.5 Å². The normalized spacial score (nSPS) is 48.0. The van der Waals surface area contributed by atoms with Gasteiger partial charge in [0.15, 0.2) is 0 Å². The quantitative estimate of drug-likeness (QED) is 0.642. The third-order valence-electron chi connectivity index (χ3n) is 4.26. The summed E-state index contributed by atoms with van der Waals surface area (Å²) in [5.74, 6) is -0.820. The summed E-state index contributed by atoms with van der Waals surface area (Å²) in [4.78, 5) is 0. The monoisotopic (exact) mass is 252 g/mol. The highest BCUT2D eigenvalue weighted by molar-refractivity contribution is 4.87. The maximum absolute atomic E-state index is 13.6. The van der Waals surface area contributed by atoms with Gasteiger partial charge in [-0.3, -0.25) is 0 Å². The average molecular weight is 252 g/mol. The fraction of sp³-hybridized carbons (Fsp3) is 1.00. The third kappa shape index (κ3) is 3.35. The lowest BCUT2D eigenvalue weighted by atomic mass is 9.75. The maximum Gasteiger partial charge on any atom is 0.103 e. The molecule has 0 N–H and O–H groups in total. The Labute approximate surface area is 99.8 Å². The molecule has 0 amide bonds. The second-order valence-electron chi connectivity index (χ2n) is 5.61. The first kappa shape index (κ1) is 13.2. The van der Waals surface area contributed by atoms with Gasteiger partial charge in [0.05, 0.1) is 0 Å². The van der Waals surface area contributed by atoms with E-state index >= 15 is 0 Å². The number of rotatable bonds is 2. The van der Waals surface area contributed by atoms with Crippen LogP contribution in [0.2, 0.25) is 0 Å². The van der Waals surface area contributed by atoms with Crippen molar-refractivity contribution >= 4 is 0 Å². The molecule has 4 heteroatoms. The Bertz CT molecular complexity index is 222. The summed E-state index contributed by atoms with van der Waals surface area (Å²) in [5, 5.41) is 0. The van der Waals surface area contributed by atoms with E-state index < -0.39 is 36.5 Å². The maximum atomic E-state index is 13.6. The van der Waals surface area contributed by atoms with Crippen LogP contribution in [0.15, 0.2) is 0 Å². The van der Waals surface area contributed by atoms with Crippen molar-refractivity contribution in [3.8, 4) is 0 Å². The summed E-state index contributed by atoms with van der Waals surface area (Å²) in [6, 6.07) is 0. The van der Waals surface area contributed by atoms with Crippen molar-refractivity contribution in [1.82, 2.24) is 0 Å². The van der Waals surface area contributed by atoms with Crippen molar-refractivity contribution in [3.05, 3.63) is 0 Å². The Morgan fingerprint density at radius 2 is 1.06 bits per heavy atom. The van der Waals surface area contributed by atoms with E-state index in [9.17, 15) is 17.6 Å². The summed E-state index contributed by atoms with van der Waals surface area (Å²) in [6.07, 6.45) is -2.32. The van der Waals surface area contributed by atoms with Crippen molar-refractivity contribution < 1.29 is 17.6 Å². The Balaban J connectivity index is 1.89. The van der Waals surface area contributed by atoms with E-state index in [4.69, 9.17) is 0 Å². The molecule has 6 unspecified atom stereocenters. The molecule has 2 aliphatic carbocycles. The van der Waals surface area contributed by atoms with Gasteiger partial charge in [0.1, 0.15) is 24.7 Å². The minimum Gasteiger partial charge on any atom is -0.247 e. The molecule has 0 aromatic rings. The highest BCUT2D eigenvalue weighted by atomic mass is 19.1. The van der Waals surface area contributed by atoms with Crippen LogP contribution in [0.4, 0.5) is 17.6 Å². The lowest BCUT2D eigenvalue weighted by molar-refractivity contribution is 0.0428. The Morgan fingerprint density at radius 3 is 1.47 bits per heavy atom. The molecule has 0 aromatic carbocycles. The van der Waals surface area contributed by atoms with Gasteiger partial charge in [-0.25, -0.2) is 17.6 Å². The van der Waals surface area contributed by atoms with Crippen LogP contribution in [-0.2, 0) is 0 Å². The first-order valence-corrected chi connectivity index (χ1v) is 6.62. The summed E-state index contributed by atoms with van der Waals surface area (Å²) in [5.41, 5.74) is 0. The van der Waals surface area contributed by atoms with E-state index in [1.165, 1.54) is 0 Å². The van der Waals surface area contributed by atoms with Gasteiger partial charge in [0.2, 0.25) is 0 Å². The van der Waals surface area contributed by atoms with Gasteiger partial charge < -0.3 is 0 Å². The smallest absolute Gasteiger partial charge is 0.103 e. The van der Waals surface area contributed by atoms with Crippen LogP contribution in [0.25, 0.3) is 0 Å². The molecule has 2 saturated carbocycles. The van der Waals surface area contributed by atoms with Crippen molar-refractivity contribution in [3.63, 3.8) is 0 Å². The summed E-state index contributed by atoms with van der Waals surface area (Å²) in [7, 11) is 0. The van der Waals surface area contributed by atoms with Crippen LogP contribution in [0.1, 0.15) is 44.9 Å². The van der Waals surface area contributed by atoms with Gasteiger partial charge in [-0.05, 0) is 56.8 Å². The molecular formula is C13H20F4. The SMILES string of the molecule is FC1CCC(F)C(CC2CC(F)CCC2F)C1. The molecule has 0 radical (unpaired) electrons. The average Bonchev–Trinajstić information content (AvgIpc) is 2.28. The predicted molar refractivity (Wildman–Crippen MR) is 58.9 cm³/mol. The first-order chi connectivity index (χ1) is 8.06. The second-order valence-corrected chi connectivity index (χ2v) is 5.61. The molecule has 0 aliphatic heterocycles. The van der Waals surface area contributed by atoms with Gasteiger partial charge in [0, 0.05) is 0 Å². The zero-order valence-electron chi connectivity index (χ0n) is 9.93. The van der Waals surface area contributed by atoms with Gasteiger partial charge in [0.25, 0.3) is 0 Å². The van der Waals surface area contributed by atoms with E-state index in [2.05, 4.69) is 0 Å². The zero-order valence-corrected chi connectivity index (χ0v) is 9.93. The minimum absolute atomic E-state index is 0.182. The summed E-state index contributed by atoms with van der Waals surface area (Å²) < 4.78 is 53.6. The molecule has 2 fully saturated rings.